The van der Waals surface area contributed by atoms with E-state index in [1.807, 2.05) is 24.3 Å². The molecule has 1 amide bonds. The second-order valence-electron chi connectivity index (χ2n) is 8.93. The number of amides is 1. The number of benzene rings is 2. The van der Waals surface area contributed by atoms with E-state index in [-0.39, 0.29) is 23.6 Å². The number of rotatable bonds is 5. The van der Waals surface area contributed by atoms with E-state index in [0.29, 0.717) is 35.7 Å². The highest BCUT2D eigenvalue weighted by molar-refractivity contribution is 9.10. The van der Waals surface area contributed by atoms with Crippen molar-refractivity contribution in [2.45, 2.75) is 50.0 Å². The zero-order chi connectivity index (χ0) is 23.0. The number of aromatic nitrogens is 1. The van der Waals surface area contributed by atoms with Crippen LogP contribution in [0.5, 0.6) is 0 Å². The van der Waals surface area contributed by atoms with Crippen LogP contribution in [0.1, 0.15) is 50.2 Å². The smallest absolute Gasteiger partial charge is 0.226 e. The average molecular weight is 508 g/mol. The molecule has 168 valence electrons. The van der Waals surface area contributed by atoms with E-state index in [1.54, 1.807) is 12.1 Å². The summed E-state index contributed by atoms with van der Waals surface area (Å²) in [5, 5.41) is 12.4. The van der Waals surface area contributed by atoms with Gasteiger partial charge in [-0.2, -0.15) is 5.26 Å². The number of carbonyl (C=O) groups is 1. The lowest BCUT2D eigenvalue weighted by atomic mass is 9.76. The lowest BCUT2D eigenvalue weighted by Gasteiger charge is -2.30. The van der Waals surface area contributed by atoms with Crippen molar-refractivity contribution in [2.75, 3.05) is 0 Å². The molecule has 2 saturated carbocycles. The first kappa shape index (κ1) is 21.8. The van der Waals surface area contributed by atoms with Crippen LogP contribution in [0.15, 0.2) is 57.4 Å². The van der Waals surface area contributed by atoms with Crippen molar-refractivity contribution in [1.29, 1.82) is 5.26 Å². The Hall–Kier alpha value is -2.98. The van der Waals surface area contributed by atoms with Crippen molar-refractivity contribution in [3.8, 4) is 28.8 Å². The van der Waals surface area contributed by atoms with Crippen LogP contribution in [0.2, 0.25) is 0 Å². The van der Waals surface area contributed by atoms with Gasteiger partial charge in [0.15, 0.2) is 0 Å². The van der Waals surface area contributed by atoms with Crippen LogP contribution in [0, 0.1) is 23.1 Å². The molecule has 5 rings (SSSR count). The summed E-state index contributed by atoms with van der Waals surface area (Å²) in [5.41, 5.74) is 1.58. The molecule has 0 bridgehead atoms. The molecule has 33 heavy (non-hydrogen) atoms. The summed E-state index contributed by atoms with van der Waals surface area (Å²) < 4.78 is 20.7. The van der Waals surface area contributed by atoms with Crippen molar-refractivity contribution in [3.05, 3.63) is 64.6 Å². The predicted molar refractivity (Wildman–Crippen MR) is 125 cm³/mol. The molecule has 0 unspecified atom stereocenters. The quantitative estimate of drug-likeness (QED) is 0.435. The van der Waals surface area contributed by atoms with Gasteiger partial charge in [0.1, 0.15) is 22.8 Å². The zero-order valence-corrected chi connectivity index (χ0v) is 19.6. The minimum Gasteiger partial charge on any atom is -0.440 e. The monoisotopic (exact) mass is 507 g/mol. The molecule has 1 N–H and O–H groups in total. The topological polar surface area (TPSA) is 78.9 Å². The summed E-state index contributed by atoms with van der Waals surface area (Å²) in [6.07, 6.45) is 4.90. The molecule has 2 aliphatic rings. The SMILES string of the molecule is N#CC1(NC(=O)[C@@H]2CCCC[C@H]2c2oc(-c3ccc(F)cc3)nc2-c2ccc(Br)cc2)CC1. The van der Waals surface area contributed by atoms with Crippen LogP contribution in [0.4, 0.5) is 4.39 Å². The Morgan fingerprint density at radius 2 is 1.76 bits per heavy atom. The molecule has 0 spiro atoms. The molecular formula is C26H23BrFN3O2. The molecular weight excluding hydrogens is 485 g/mol. The van der Waals surface area contributed by atoms with E-state index in [2.05, 4.69) is 27.3 Å². The maximum absolute atomic E-state index is 13.5. The summed E-state index contributed by atoms with van der Waals surface area (Å²) in [4.78, 5) is 18.0. The number of hydrogen-bond acceptors (Lipinski definition) is 4. The van der Waals surface area contributed by atoms with E-state index < -0.39 is 5.54 Å². The second kappa shape index (κ2) is 8.75. The Bertz CT molecular complexity index is 1210. The van der Waals surface area contributed by atoms with Crippen molar-refractivity contribution >= 4 is 21.8 Å². The minimum absolute atomic E-state index is 0.0831. The molecule has 1 aromatic heterocycles. The fraction of sp³-hybridized carbons (Fsp3) is 0.346. The first-order chi connectivity index (χ1) is 16.0. The summed E-state index contributed by atoms with van der Waals surface area (Å²) in [7, 11) is 0. The standard InChI is InChI=1S/C26H23BrFN3O2/c27-18-9-5-16(6-10-18)22-23(33-25(30-22)17-7-11-19(28)12-8-17)20-3-1-2-4-21(20)24(32)31-26(15-29)13-14-26/h5-12,20-21H,1-4,13-14H2,(H,31,32)/t20-,21-/m1/s1. The molecule has 0 saturated heterocycles. The molecule has 2 fully saturated rings. The molecule has 2 aliphatic carbocycles. The molecule has 0 aliphatic heterocycles. The minimum atomic E-state index is -0.700. The van der Waals surface area contributed by atoms with Gasteiger partial charge in [0.2, 0.25) is 11.8 Å². The van der Waals surface area contributed by atoms with E-state index in [0.717, 1.165) is 35.7 Å². The molecule has 1 heterocycles. The Kier molecular flexibility index (Phi) is 5.79. The number of nitrogens with one attached hydrogen (secondary N) is 1. The largest absolute Gasteiger partial charge is 0.440 e. The third-order valence-electron chi connectivity index (χ3n) is 6.63. The molecule has 0 radical (unpaired) electrons. The van der Waals surface area contributed by atoms with Crippen LogP contribution in [-0.4, -0.2) is 16.4 Å². The first-order valence-corrected chi connectivity index (χ1v) is 12.0. The number of hydrogen-bond donors (Lipinski definition) is 1. The number of nitrogens with zero attached hydrogens (tertiary/aromatic N) is 2. The molecule has 3 aromatic rings. The summed E-state index contributed by atoms with van der Waals surface area (Å²) in [6, 6.07) is 16.1. The highest BCUT2D eigenvalue weighted by atomic mass is 79.9. The third-order valence-corrected chi connectivity index (χ3v) is 7.16. The summed E-state index contributed by atoms with van der Waals surface area (Å²) >= 11 is 3.47. The van der Waals surface area contributed by atoms with Crippen LogP contribution >= 0.6 is 15.9 Å². The van der Waals surface area contributed by atoms with Crippen molar-refractivity contribution in [1.82, 2.24) is 10.3 Å². The lowest BCUT2D eigenvalue weighted by molar-refractivity contribution is -0.127. The maximum atomic E-state index is 13.5. The summed E-state index contributed by atoms with van der Waals surface area (Å²) in [5.74, 6) is 0.248. The van der Waals surface area contributed by atoms with E-state index >= 15 is 0 Å². The number of oxazole rings is 1. The molecule has 7 heteroatoms. The van der Waals surface area contributed by atoms with Gasteiger partial charge in [-0.1, -0.05) is 40.9 Å². The van der Waals surface area contributed by atoms with Gasteiger partial charge < -0.3 is 9.73 Å². The van der Waals surface area contributed by atoms with Gasteiger partial charge in [-0.25, -0.2) is 9.37 Å². The van der Waals surface area contributed by atoms with E-state index in [9.17, 15) is 14.4 Å². The van der Waals surface area contributed by atoms with Gasteiger partial charge in [0, 0.05) is 27.4 Å². The van der Waals surface area contributed by atoms with Gasteiger partial charge in [-0.05, 0) is 62.1 Å². The van der Waals surface area contributed by atoms with Gasteiger partial charge in [0.25, 0.3) is 0 Å². The second-order valence-corrected chi connectivity index (χ2v) is 9.84. The fourth-order valence-corrected chi connectivity index (χ4v) is 4.85. The van der Waals surface area contributed by atoms with E-state index in [4.69, 9.17) is 9.40 Å². The van der Waals surface area contributed by atoms with Crippen LogP contribution in [0.3, 0.4) is 0 Å². The lowest BCUT2D eigenvalue weighted by Crippen LogP contribution is -2.42. The van der Waals surface area contributed by atoms with Crippen LogP contribution in [-0.2, 0) is 4.79 Å². The van der Waals surface area contributed by atoms with Crippen molar-refractivity contribution < 1.29 is 13.6 Å². The molecule has 2 aromatic carbocycles. The van der Waals surface area contributed by atoms with Crippen LogP contribution in [0.25, 0.3) is 22.7 Å². The Morgan fingerprint density at radius 3 is 2.42 bits per heavy atom. The van der Waals surface area contributed by atoms with Crippen molar-refractivity contribution in [2.24, 2.45) is 5.92 Å². The predicted octanol–water partition coefficient (Wildman–Crippen LogP) is 6.36. The Morgan fingerprint density at radius 1 is 1.09 bits per heavy atom. The Labute approximate surface area is 200 Å². The average Bonchev–Trinajstić information content (AvgIpc) is 3.47. The number of nitriles is 1. The molecule has 5 nitrogen and oxygen atoms in total. The third kappa shape index (κ3) is 4.45. The van der Waals surface area contributed by atoms with Gasteiger partial charge in [-0.3, -0.25) is 4.79 Å². The molecule has 2 atom stereocenters. The first-order valence-electron chi connectivity index (χ1n) is 11.2. The maximum Gasteiger partial charge on any atom is 0.226 e. The fourth-order valence-electron chi connectivity index (χ4n) is 4.59. The van der Waals surface area contributed by atoms with Gasteiger partial charge >= 0.3 is 0 Å². The summed E-state index contributed by atoms with van der Waals surface area (Å²) in [6.45, 7) is 0. The number of carbonyl (C=O) groups excluding carboxylic acids is 1. The normalized spacial score (nSPS) is 21.2. The van der Waals surface area contributed by atoms with Crippen LogP contribution < -0.4 is 5.32 Å². The van der Waals surface area contributed by atoms with Crippen molar-refractivity contribution in [3.63, 3.8) is 0 Å². The number of halogens is 2. The highest BCUT2D eigenvalue weighted by Gasteiger charge is 2.47. The zero-order valence-electron chi connectivity index (χ0n) is 18.0. The van der Waals surface area contributed by atoms with Gasteiger partial charge in [0.05, 0.1) is 6.07 Å². The Balaban J connectivity index is 1.55. The highest BCUT2D eigenvalue weighted by Crippen LogP contribution is 2.44. The van der Waals surface area contributed by atoms with Gasteiger partial charge in [-0.15, -0.1) is 0 Å². The van der Waals surface area contributed by atoms with E-state index in [1.165, 1.54) is 12.1 Å².